The molecule has 0 amide bonds. The average Bonchev–Trinajstić information content (AvgIpc) is 2.04. The van der Waals surface area contributed by atoms with E-state index in [0.29, 0.717) is 0 Å². The van der Waals surface area contributed by atoms with Crippen LogP contribution in [0.3, 0.4) is 0 Å². The lowest BCUT2D eigenvalue weighted by Gasteiger charge is -2.00. The van der Waals surface area contributed by atoms with Gasteiger partial charge in [0.25, 0.3) is 0 Å². The largest absolute Gasteiger partial charge is 0.249 e. The summed E-state index contributed by atoms with van der Waals surface area (Å²) in [5, 5.41) is 2.80. The Morgan fingerprint density at radius 1 is 1.25 bits per heavy atom. The van der Waals surface area contributed by atoms with Crippen molar-refractivity contribution < 1.29 is 0 Å². The summed E-state index contributed by atoms with van der Waals surface area (Å²) in [5.74, 6) is 0. The highest BCUT2D eigenvalue weighted by molar-refractivity contribution is 9.10. The van der Waals surface area contributed by atoms with Crippen LogP contribution in [0.5, 0.6) is 0 Å². The summed E-state index contributed by atoms with van der Waals surface area (Å²) in [7, 11) is 0. The van der Waals surface area contributed by atoms with Crippen LogP contribution < -0.4 is 0 Å². The molecule has 1 aromatic carbocycles. The molecule has 0 unspecified atom stereocenters. The highest BCUT2D eigenvalue weighted by atomic mass is 79.9. The molecule has 1 nitrogen and oxygen atoms in total. The zero-order valence-electron chi connectivity index (χ0n) is 6.09. The Labute approximate surface area is 83.5 Å². The second-order valence-corrected chi connectivity index (χ2v) is 3.60. The Morgan fingerprint density at radius 2 is 2.08 bits per heavy atom. The number of fused-ring (bicyclic) bond motifs is 1. The second-order valence-electron chi connectivity index (χ2n) is 2.44. The molecule has 12 heavy (non-hydrogen) atoms. The van der Waals surface area contributed by atoms with Crippen LogP contribution in [-0.4, -0.2) is 4.98 Å². The molecule has 2 rings (SSSR count). The highest BCUT2D eigenvalue weighted by Gasteiger charge is 2.01. The van der Waals surface area contributed by atoms with Gasteiger partial charge in [-0.2, -0.15) is 0 Å². The van der Waals surface area contributed by atoms with E-state index in [9.17, 15) is 0 Å². The van der Waals surface area contributed by atoms with Crippen molar-refractivity contribution in [1.82, 2.24) is 4.98 Å². The minimum atomic E-state index is 0.729. The molecule has 0 N–H and O–H groups in total. The van der Waals surface area contributed by atoms with Gasteiger partial charge in [0.15, 0.2) is 0 Å². The minimum absolute atomic E-state index is 0.729. The first-order chi connectivity index (χ1) is 5.79. The fourth-order valence-electron chi connectivity index (χ4n) is 1.14. The lowest BCUT2D eigenvalue weighted by Crippen LogP contribution is -1.79. The van der Waals surface area contributed by atoms with E-state index in [1.165, 1.54) is 0 Å². The van der Waals surface area contributed by atoms with E-state index in [4.69, 9.17) is 11.6 Å². The van der Waals surface area contributed by atoms with Gasteiger partial charge in [-0.15, -0.1) is 0 Å². The van der Waals surface area contributed by atoms with Gasteiger partial charge in [0.05, 0.1) is 5.02 Å². The van der Waals surface area contributed by atoms with E-state index >= 15 is 0 Å². The molecule has 0 aliphatic carbocycles. The van der Waals surface area contributed by atoms with Gasteiger partial charge in [-0.05, 0) is 33.4 Å². The molecule has 0 fully saturated rings. The predicted octanol–water partition coefficient (Wildman–Crippen LogP) is 3.65. The predicted molar refractivity (Wildman–Crippen MR) is 54.5 cm³/mol. The van der Waals surface area contributed by atoms with Gasteiger partial charge in [0, 0.05) is 11.6 Å². The normalized spacial score (nSPS) is 10.5. The average molecular weight is 243 g/mol. The molecule has 60 valence electrons. The van der Waals surface area contributed by atoms with Gasteiger partial charge in [-0.1, -0.05) is 23.7 Å². The van der Waals surface area contributed by atoms with Crippen LogP contribution in [0.4, 0.5) is 0 Å². The zero-order chi connectivity index (χ0) is 8.55. The number of pyridine rings is 1. The summed E-state index contributed by atoms with van der Waals surface area (Å²) in [6, 6.07) is 7.73. The molecule has 2 aromatic rings. The van der Waals surface area contributed by atoms with E-state index in [2.05, 4.69) is 20.9 Å². The number of aromatic nitrogens is 1. The lowest BCUT2D eigenvalue weighted by molar-refractivity contribution is 1.31. The standard InChI is InChI=1S/C9H5BrClN/c10-9-8-6(4-5-12-9)2-1-3-7(8)11/h1-5H. The maximum atomic E-state index is 5.99. The fourth-order valence-corrected chi connectivity index (χ4v) is 2.09. The van der Waals surface area contributed by atoms with Crippen LogP contribution in [-0.2, 0) is 0 Å². The molecule has 0 bridgehead atoms. The van der Waals surface area contributed by atoms with E-state index in [0.717, 1.165) is 20.4 Å². The highest BCUT2D eigenvalue weighted by Crippen LogP contribution is 2.28. The third kappa shape index (κ3) is 1.21. The number of nitrogens with zero attached hydrogens (tertiary/aromatic N) is 1. The zero-order valence-corrected chi connectivity index (χ0v) is 8.43. The van der Waals surface area contributed by atoms with E-state index in [-0.39, 0.29) is 0 Å². The smallest absolute Gasteiger partial charge is 0.115 e. The fraction of sp³-hybridized carbons (Fsp3) is 0. The summed E-state index contributed by atoms with van der Waals surface area (Å²) >= 11 is 9.34. The maximum Gasteiger partial charge on any atom is 0.115 e. The van der Waals surface area contributed by atoms with Gasteiger partial charge in [0.1, 0.15) is 4.60 Å². The van der Waals surface area contributed by atoms with Crippen LogP contribution in [0, 0.1) is 0 Å². The van der Waals surface area contributed by atoms with Crippen molar-refractivity contribution in [1.29, 1.82) is 0 Å². The Hall–Kier alpha value is -0.600. The quantitative estimate of drug-likeness (QED) is 0.643. The van der Waals surface area contributed by atoms with Crippen LogP contribution in [0.1, 0.15) is 0 Å². The van der Waals surface area contributed by atoms with Crippen molar-refractivity contribution in [2.24, 2.45) is 0 Å². The monoisotopic (exact) mass is 241 g/mol. The Kier molecular flexibility index (Phi) is 2.03. The second kappa shape index (κ2) is 3.04. The molecule has 0 aliphatic rings. The number of benzene rings is 1. The van der Waals surface area contributed by atoms with Crippen molar-refractivity contribution in [2.45, 2.75) is 0 Å². The van der Waals surface area contributed by atoms with Crippen molar-refractivity contribution in [3.05, 3.63) is 40.1 Å². The van der Waals surface area contributed by atoms with Crippen molar-refractivity contribution in [2.75, 3.05) is 0 Å². The molecule has 0 saturated carbocycles. The molecule has 0 saturated heterocycles. The molecule has 1 heterocycles. The molecule has 1 aromatic heterocycles. The van der Waals surface area contributed by atoms with Crippen LogP contribution >= 0.6 is 27.5 Å². The number of hydrogen-bond acceptors (Lipinski definition) is 1. The summed E-state index contributed by atoms with van der Waals surface area (Å²) in [4.78, 5) is 4.10. The number of halogens is 2. The molecular weight excluding hydrogens is 237 g/mol. The summed E-state index contributed by atoms with van der Waals surface area (Å²) in [5.41, 5.74) is 0. The third-order valence-electron chi connectivity index (χ3n) is 1.69. The van der Waals surface area contributed by atoms with Crippen molar-refractivity contribution >= 4 is 38.3 Å². The first-order valence-electron chi connectivity index (χ1n) is 3.48. The third-order valence-corrected chi connectivity index (χ3v) is 2.61. The Balaban J connectivity index is 2.96. The molecule has 0 spiro atoms. The molecule has 3 heteroatoms. The minimum Gasteiger partial charge on any atom is -0.249 e. The van der Waals surface area contributed by atoms with Crippen molar-refractivity contribution in [3.8, 4) is 0 Å². The van der Waals surface area contributed by atoms with E-state index < -0.39 is 0 Å². The van der Waals surface area contributed by atoms with Crippen LogP contribution in [0.15, 0.2) is 35.1 Å². The summed E-state index contributed by atoms with van der Waals surface area (Å²) < 4.78 is 0.797. The molecule has 0 atom stereocenters. The molecule has 0 aliphatic heterocycles. The SMILES string of the molecule is Clc1cccc2ccnc(Br)c12. The van der Waals surface area contributed by atoms with Crippen LogP contribution in [0.2, 0.25) is 5.02 Å². The van der Waals surface area contributed by atoms with Gasteiger partial charge in [-0.3, -0.25) is 0 Å². The molecular formula is C9H5BrClN. The first-order valence-corrected chi connectivity index (χ1v) is 4.65. The maximum absolute atomic E-state index is 5.99. The van der Waals surface area contributed by atoms with Gasteiger partial charge >= 0.3 is 0 Å². The van der Waals surface area contributed by atoms with Gasteiger partial charge in [-0.25, -0.2) is 4.98 Å². The van der Waals surface area contributed by atoms with Gasteiger partial charge < -0.3 is 0 Å². The first kappa shape index (κ1) is 8.02. The van der Waals surface area contributed by atoms with Gasteiger partial charge in [0.2, 0.25) is 0 Å². The topological polar surface area (TPSA) is 12.9 Å². The number of hydrogen-bond donors (Lipinski definition) is 0. The van der Waals surface area contributed by atoms with Crippen molar-refractivity contribution in [3.63, 3.8) is 0 Å². The summed E-state index contributed by atoms with van der Waals surface area (Å²) in [6.07, 6.45) is 1.75. The van der Waals surface area contributed by atoms with Crippen LogP contribution in [0.25, 0.3) is 10.8 Å². The lowest BCUT2D eigenvalue weighted by atomic mass is 10.2. The Morgan fingerprint density at radius 3 is 2.83 bits per heavy atom. The molecule has 0 radical (unpaired) electrons. The number of rotatable bonds is 0. The van der Waals surface area contributed by atoms with E-state index in [1.54, 1.807) is 6.20 Å². The summed E-state index contributed by atoms with van der Waals surface area (Å²) in [6.45, 7) is 0. The Bertz CT molecular complexity index is 391. The van der Waals surface area contributed by atoms with E-state index in [1.807, 2.05) is 24.3 Å².